The number of rotatable bonds is 6. The maximum Gasteiger partial charge on any atom is 0.329 e. The first-order valence-corrected chi connectivity index (χ1v) is 11.3. The van der Waals surface area contributed by atoms with E-state index < -0.39 is 65.6 Å². The zero-order valence-corrected chi connectivity index (χ0v) is 19.7. The highest BCUT2D eigenvalue weighted by atomic mass is 35.5. The van der Waals surface area contributed by atoms with Crippen LogP contribution < -0.4 is 11.1 Å². The molecule has 3 N–H and O–H groups in total. The molecule has 2 aliphatic heterocycles. The average molecular weight is 520 g/mol. The summed E-state index contributed by atoms with van der Waals surface area (Å²) in [5, 5.41) is 2.04. The lowest BCUT2D eigenvalue weighted by Crippen LogP contribution is -2.47. The summed E-state index contributed by atoms with van der Waals surface area (Å²) in [7, 11) is 0. The third kappa shape index (κ3) is 4.92. The number of nitrogens with two attached hydrogens (primary N) is 1. The molecule has 0 aliphatic carbocycles. The Balaban J connectivity index is 1.45. The van der Waals surface area contributed by atoms with Crippen molar-refractivity contribution in [3.63, 3.8) is 0 Å². The molecule has 3 heterocycles. The van der Waals surface area contributed by atoms with E-state index in [1.165, 1.54) is 23.1 Å². The van der Waals surface area contributed by atoms with E-state index in [9.17, 15) is 28.0 Å². The number of nitrogens with one attached hydrogen (secondary N) is 1. The van der Waals surface area contributed by atoms with Gasteiger partial charge in [-0.25, -0.2) is 14.2 Å². The van der Waals surface area contributed by atoms with E-state index >= 15 is 0 Å². The first kappa shape index (κ1) is 23.9. The van der Waals surface area contributed by atoms with E-state index in [0.717, 1.165) is 13.0 Å². The monoisotopic (exact) mass is 519 g/mol. The summed E-state index contributed by atoms with van der Waals surface area (Å²) in [6.07, 6.45) is 2.10. The Bertz CT molecular complexity index is 1370. The van der Waals surface area contributed by atoms with Gasteiger partial charge < -0.3 is 20.7 Å². The number of amides is 2. The van der Waals surface area contributed by atoms with Crippen molar-refractivity contribution >= 4 is 52.2 Å². The van der Waals surface area contributed by atoms with Crippen LogP contribution in [0.5, 0.6) is 0 Å². The van der Waals surface area contributed by atoms with Crippen LogP contribution in [0.2, 0.25) is 5.02 Å². The average Bonchev–Trinajstić information content (AvgIpc) is 3.26. The van der Waals surface area contributed by atoms with Crippen molar-refractivity contribution in [3.05, 3.63) is 58.2 Å². The molecule has 2 aliphatic rings. The Labute approximate surface area is 210 Å². The van der Waals surface area contributed by atoms with Gasteiger partial charge in [-0.05, 0) is 49.1 Å². The molecular weight excluding hydrogens is 498 g/mol. The fourth-order valence-electron chi connectivity index (χ4n) is 4.38. The fraction of sp³-hybridized carbons (Fsp3) is 0.292. The van der Waals surface area contributed by atoms with Gasteiger partial charge in [-0.2, -0.15) is 4.39 Å². The molecule has 0 spiro atoms. The number of aromatic nitrogens is 1. The summed E-state index contributed by atoms with van der Waals surface area (Å²) in [6.45, 7) is 0.310. The van der Waals surface area contributed by atoms with Crippen LogP contribution in [-0.2, 0) is 19.1 Å². The standard InChI is InChI=1S/C24H21ClF2N4O5/c1-11(32)29-19-7-3-14(23(27)30-19)18(33)10-36-24(35)17-6-2-13-8-12(9-20(34)31(13)17)21-16(28)5-4-15(25)22(21)26/h3-5,7,9,13,17H,2,6,8,10,28H2,1H3,(H,29,30,32)/t13?,17-/m0/s1/i7D. The Morgan fingerprint density at radius 2 is 2.06 bits per heavy atom. The number of carbonyl (C=O) groups excluding carboxylic acids is 4. The minimum atomic E-state index is -1.24. The number of halogens is 3. The Hall–Kier alpha value is -3.86. The molecule has 2 aromatic rings. The third-order valence-electron chi connectivity index (χ3n) is 5.96. The predicted molar refractivity (Wildman–Crippen MR) is 126 cm³/mol. The summed E-state index contributed by atoms with van der Waals surface area (Å²) in [5.41, 5.74) is 5.87. The maximum atomic E-state index is 14.6. The Kier molecular flexibility index (Phi) is 6.64. The first-order valence-electron chi connectivity index (χ1n) is 11.4. The summed E-state index contributed by atoms with van der Waals surface area (Å²) in [5.74, 6) is -5.25. The molecule has 0 radical (unpaired) electrons. The number of nitrogen functional groups attached to an aromatic ring is 1. The largest absolute Gasteiger partial charge is 0.456 e. The molecule has 0 bridgehead atoms. The number of esters is 1. The normalized spacial score (nSPS) is 19.3. The topological polar surface area (TPSA) is 132 Å². The van der Waals surface area contributed by atoms with Gasteiger partial charge in [0.05, 0.1) is 12.0 Å². The zero-order valence-electron chi connectivity index (χ0n) is 19.9. The van der Waals surface area contributed by atoms with E-state index in [2.05, 4.69) is 10.3 Å². The van der Waals surface area contributed by atoms with E-state index in [4.69, 9.17) is 23.4 Å². The zero-order chi connectivity index (χ0) is 27.0. The molecular formula is C24H21ClF2N4O5. The number of ether oxygens (including phenoxy) is 1. The summed E-state index contributed by atoms with van der Waals surface area (Å²) >= 11 is 5.87. The van der Waals surface area contributed by atoms with Gasteiger partial charge in [-0.3, -0.25) is 14.4 Å². The molecule has 2 amide bonds. The lowest BCUT2D eigenvalue weighted by molar-refractivity contribution is -0.152. The fourth-order valence-corrected chi connectivity index (χ4v) is 4.54. The van der Waals surface area contributed by atoms with E-state index in [1.807, 2.05) is 0 Å². The second-order valence-corrected chi connectivity index (χ2v) is 8.76. The minimum Gasteiger partial charge on any atom is -0.456 e. The van der Waals surface area contributed by atoms with Crippen molar-refractivity contribution in [2.24, 2.45) is 0 Å². The molecule has 1 aromatic carbocycles. The van der Waals surface area contributed by atoms with Gasteiger partial charge in [0.25, 0.3) is 0 Å². The maximum absolute atomic E-state index is 14.6. The first-order chi connectivity index (χ1) is 17.5. The molecule has 188 valence electrons. The quantitative estimate of drug-likeness (QED) is 0.259. The third-order valence-corrected chi connectivity index (χ3v) is 6.25. The molecule has 1 aromatic heterocycles. The molecule has 1 fully saturated rings. The number of Topliss-reactive ketones (excluding diaryl/α,β-unsaturated/α-hetero) is 1. The number of nitrogens with zero attached hydrogens (tertiary/aromatic N) is 2. The van der Waals surface area contributed by atoms with Crippen molar-refractivity contribution in [3.8, 4) is 0 Å². The van der Waals surface area contributed by atoms with Crippen molar-refractivity contribution in [2.45, 2.75) is 38.3 Å². The molecule has 0 saturated carbocycles. The Morgan fingerprint density at radius 3 is 2.78 bits per heavy atom. The molecule has 2 atom stereocenters. The van der Waals surface area contributed by atoms with Gasteiger partial charge in [0.2, 0.25) is 23.5 Å². The summed E-state index contributed by atoms with van der Waals surface area (Å²) < 4.78 is 41.8. The van der Waals surface area contributed by atoms with Crippen molar-refractivity contribution in [1.82, 2.24) is 9.88 Å². The number of pyridine rings is 1. The molecule has 12 heteroatoms. The second-order valence-electron chi connectivity index (χ2n) is 8.36. The number of hydrogen-bond acceptors (Lipinski definition) is 7. The van der Waals surface area contributed by atoms with E-state index in [0.29, 0.717) is 12.0 Å². The highest BCUT2D eigenvalue weighted by molar-refractivity contribution is 6.31. The molecule has 1 unspecified atom stereocenters. The highest BCUT2D eigenvalue weighted by Gasteiger charge is 2.44. The van der Waals surface area contributed by atoms with Crippen molar-refractivity contribution < 1.29 is 34.1 Å². The summed E-state index contributed by atoms with van der Waals surface area (Å²) in [6, 6.07) is 1.83. The summed E-state index contributed by atoms with van der Waals surface area (Å²) in [4.78, 5) is 53.9. The number of hydrogen-bond donors (Lipinski definition) is 2. The van der Waals surface area contributed by atoms with Crippen LogP contribution in [0.3, 0.4) is 0 Å². The van der Waals surface area contributed by atoms with Gasteiger partial charge in [-0.15, -0.1) is 0 Å². The lowest BCUT2D eigenvalue weighted by Gasteiger charge is -2.33. The number of fused-ring (bicyclic) bond motifs is 1. The van der Waals surface area contributed by atoms with Crippen LogP contribution in [0.15, 0.2) is 30.3 Å². The van der Waals surface area contributed by atoms with Crippen LogP contribution in [-0.4, -0.2) is 52.1 Å². The van der Waals surface area contributed by atoms with Gasteiger partial charge in [-0.1, -0.05) is 11.6 Å². The van der Waals surface area contributed by atoms with Gasteiger partial charge in [0.1, 0.15) is 11.9 Å². The molecule has 36 heavy (non-hydrogen) atoms. The highest BCUT2D eigenvalue weighted by Crippen LogP contribution is 2.39. The van der Waals surface area contributed by atoms with Crippen molar-refractivity contribution in [2.75, 3.05) is 17.7 Å². The second kappa shape index (κ2) is 10.0. The Morgan fingerprint density at radius 1 is 1.31 bits per heavy atom. The number of ketones is 1. The number of carbonyl (C=O) groups is 4. The molecule has 9 nitrogen and oxygen atoms in total. The minimum absolute atomic E-state index is 0.0473. The van der Waals surface area contributed by atoms with Gasteiger partial charge in [0.15, 0.2) is 12.4 Å². The smallest absolute Gasteiger partial charge is 0.329 e. The van der Waals surface area contributed by atoms with Gasteiger partial charge >= 0.3 is 5.97 Å². The van der Waals surface area contributed by atoms with Crippen LogP contribution in [0.4, 0.5) is 20.3 Å². The molecule has 1 saturated heterocycles. The van der Waals surface area contributed by atoms with Crippen LogP contribution in [0, 0.1) is 11.8 Å². The van der Waals surface area contributed by atoms with E-state index in [-0.39, 0.29) is 34.9 Å². The predicted octanol–water partition coefficient (Wildman–Crippen LogP) is 3.13. The number of anilines is 2. The number of benzene rings is 1. The van der Waals surface area contributed by atoms with Crippen LogP contribution >= 0.6 is 11.6 Å². The van der Waals surface area contributed by atoms with Crippen molar-refractivity contribution in [1.29, 1.82) is 0 Å². The van der Waals surface area contributed by atoms with E-state index in [1.54, 1.807) is 0 Å². The lowest BCUT2D eigenvalue weighted by atomic mass is 9.92. The van der Waals surface area contributed by atoms with Crippen LogP contribution in [0.25, 0.3) is 5.57 Å². The van der Waals surface area contributed by atoms with Crippen LogP contribution in [0.1, 0.15) is 43.5 Å². The molecule has 4 rings (SSSR count). The van der Waals surface area contributed by atoms with Gasteiger partial charge in [0, 0.05) is 30.3 Å². The SMILES string of the molecule is [2H]c1cc(C(=O)COC(=O)[C@@H]2CCC3CC(c4c(N)ccc(Cl)c4F)=CC(=O)N32)c(F)nc1NC(C)=O.